The van der Waals surface area contributed by atoms with Crippen molar-refractivity contribution in [3.63, 3.8) is 0 Å². The fourth-order valence-corrected chi connectivity index (χ4v) is 4.83. The second-order valence-electron chi connectivity index (χ2n) is 6.62. The van der Waals surface area contributed by atoms with E-state index in [0.29, 0.717) is 57.4 Å². The van der Waals surface area contributed by atoms with Crippen LogP contribution in [0.25, 0.3) is 11.4 Å². The summed E-state index contributed by atoms with van der Waals surface area (Å²) < 4.78 is 33.2. The molecule has 0 bridgehead atoms. The minimum atomic E-state index is -3.46. The lowest BCUT2D eigenvalue weighted by atomic mass is 10.2. The minimum Gasteiger partial charge on any atom is -0.340 e. The smallest absolute Gasteiger partial charge is 0.282 e. The number of nitrogens with zero attached hydrogens (tertiary/aromatic N) is 6. The first-order valence-electron chi connectivity index (χ1n) is 9.71. The quantitative estimate of drug-likeness (QED) is 0.618. The van der Waals surface area contributed by atoms with Crippen LogP contribution in [0.1, 0.15) is 26.2 Å². The van der Waals surface area contributed by atoms with Gasteiger partial charge in [0.05, 0.1) is 0 Å². The fraction of sp³-hybridized carbons (Fsp3) is 0.556. The molecule has 2 aromatic heterocycles. The SMILES string of the molecule is CCN(CC)S(=O)(=O)N1CCN(C(=O)CCc2nc(-c3ccncc3)no2)CC1. The van der Waals surface area contributed by atoms with Crippen molar-refractivity contribution in [3.05, 3.63) is 30.4 Å². The number of piperazine rings is 1. The highest BCUT2D eigenvalue weighted by atomic mass is 32.2. The van der Waals surface area contributed by atoms with Crippen LogP contribution in [-0.2, 0) is 21.4 Å². The van der Waals surface area contributed by atoms with E-state index in [1.54, 1.807) is 29.4 Å². The average Bonchev–Trinajstić information content (AvgIpc) is 3.22. The lowest BCUT2D eigenvalue weighted by Gasteiger charge is -2.36. The molecule has 1 saturated heterocycles. The van der Waals surface area contributed by atoms with Crippen molar-refractivity contribution in [3.8, 4) is 11.4 Å². The Kier molecular flexibility index (Phi) is 6.93. The number of hydrogen-bond acceptors (Lipinski definition) is 7. The molecule has 0 spiro atoms. The van der Waals surface area contributed by atoms with Crippen LogP contribution in [0.4, 0.5) is 0 Å². The fourth-order valence-electron chi connectivity index (χ4n) is 3.23. The molecule has 0 aliphatic carbocycles. The van der Waals surface area contributed by atoms with Gasteiger partial charge in [0.25, 0.3) is 10.2 Å². The summed E-state index contributed by atoms with van der Waals surface area (Å²) in [6, 6.07) is 3.57. The van der Waals surface area contributed by atoms with Gasteiger partial charge in [-0.3, -0.25) is 9.78 Å². The van der Waals surface area contributed by atoms with Gasteiger partial charge in [-0.05, 0) is 12.1 Å². The van der Waals surface area contributed by atoms with Gasteiger partial charge >= 0.3 is 0 Å². The zero-order valence-corrected chi connectivity index (χ0v) is 17.5. The molecular formula is C18H26N6O4S. The largest absolute Gasteiger partial charge is 0.340 e. The summed E-state index contributed by atoms with van der Waals surface area (Å²) in [5.74, 6) is 0.812. The molecule has 0 N–H and O–H groups in total. The molecule has 158 valence electrons. The lowest BCUT2D eigenvalue weighted by molar-refractivity contribution is -0.132. The maximum absolute atomic E-state index is 12.6. The van der Waals surface area contributed by atoms with E-state index in [0.717, 1.165) is 5.56 Å². The van der Waals surface area contributed by atoms with Gasteiger partial charge in [-0.25, -0.2) is 0 Å². The van der Waals surface area contributed by atoms with Gasteiger partial charge in [-0.2, -0.15) is 22.0 Å². The van der Waals surface area contributed by atoms with Crippen LogP contribution in [0.5, 0.6) is 0 Å². The van der Waals surface area contributed by atoms with Crippen molar-refractivity contribution in [1.29, 1.82) is 0 Å². The van der Waals surface area contributed by atoms with Gasteiger partial charge in [-0.1, -0.05) is 19.0 Å². The van der Waals surface area contributed by atoms with Crippen LogP contribution in [0, 0.1) is 0 Å². The third kappa shape index (κ3) is 4.98. The van der Waals surface area contributed by atoms with Gasteiger partial charge in [-0.15, -0.1) is 0 Å². The van der Waals surface area contributed by atoms with E-state index in [9.17, 15) is 13.2 Å². The first-order valence-corrected chi connectivity index (χ1v) is 11.1. The number of carbonyl (C=O) groups is 1. The van der Waals surface area contributed by atoms with Gasteiger partial charge in [0.1, 0.15) is 0 Å². The molecule has 0 saturated carbocycles. The zero-order valence-electron chi connectivity index (χ0n) is 16.7. The number of aromatic nitrogens is 3. The number of aryl methyl sites for hydroxylation is 1. The van der Waals surface area contributed by atoms with Gasteiger partial charge < -0.3 is 9.42 Å². The summed E-state index contributed by atoms with van der Waals surface area (Å²) in [5.41, 5.74) is 0.798. The molecule has 0 unspecified atom stereocenters. The van der Waals surface area contributed by atoms with Crippen molar-refractivity contribution in [2.75, 3.05) is 39.3 Å². The zero-order chi connectivity index (χ0) is 20.9. The summed E-state index contributed by atoms with van der Waals surface area (Å²) in [4.78, 5) is 22.4. The van der Waals surface area contributed by atoms with E-state index in [1.165, 1.54) is 8.61 Å². The van der Waals surface area contributed by atoms with Crippen molar-refractivity contribution in [2.24, 2.45) is 0 Å². The van der Waals surface area contributed by atoms with Crippen LogP contribution in [0.3, 0.4) is 0 Å². The Bertz CT molecular complexity index is 905. The molecule has 2 aromatic rings. The molecule has 0 aromatic carbocycles. The number of hydrogen-bond donors (Lipinski definition) is 0. The number of rotatable bonds is 8. The van der Waals surface area contributed by atoms with Crippen molar-refractivity contribution >= 4 is 16.1 Å². The topological polar surface area (TPSA) is 113 Å². The Hall–Kier alpha value is -2.37. The molecular weight excluding hydrogens is 396 g/mol. The summed E-state index contributed by atoms with van der Waals surface area (Å²) >= 11 is 0. The molecule has 1 fully saturated rings. The molecule has 1 aliphatic heterocycles. The third-order valence-electron chi connectivity index (χ3n) is 4.91. The van der Waals surface area contributed by atoms with E-state index < -0.39 is 10.2 Å². The Balaban J connectivity index is 1.50. The van der Waals surface area contributed by atoms with Gasteiger partial charge in [0.15, 0.2) is 0 Å². The van der Waals surface area contributed by atoms with Crippen LogP contribution < -0.4 is 0 Å². The second kappa shape index (κ2) is 9.42. The van der Waals surface area contributed by atoms with E-state index in [1.807, 2.05) is 13.8 Å². The Labute approximate surface area is 170 Å². The summed E-state index contributed by atoms with van der Waals surface area (Å²) in [5, 5.41) is 3.93. The van der Waals surface area contributed by atoms with E-state index >= 15 is 0 Å². The highest BCUT2D eigenvalue weighted by Gasteiger charge is 2.32. The Morgan fingerprint density at radius 1 is 1.14 bits per heavy atom. The molecule has 3 heterocycles. The summed E-state index contributed by atoms with van der Waals surface area (Å²) in [7, 11) is -3.46. The molecule has 0 radical (unpaired) electrons. The Morgan fingerprint density at radius 3 is 2.41 bits per heavy atom. The maximum Gasteiger partial charge on any atom is 0.282 e. The van der Waals surface area contributed by atoms with Crippen molar-refractivity contribution < 1.29 is 17.7 Å². The van der Waals surface area contributed by atoms with Crippen molar-refractivity contribution in [1.82, 2.24) is 28.6 Å². The van der Waals surface area contributed by atoms with Crippen molar-refractivity contribution in [2.45, 2.75) is 26.7 Å². The van der Waals surface area contributed by atoms with E-state index in [-0.39, 0.29) is 12.3 Å². The average molecular weight is 423 g/mol. The summed E-state index contributed by atoms with van der Waals surface area (Å²) in [6.07, 6.45) is 3.87. The standard InChI is InChI=1S/C18H26N6O4S/c1-3-23(4-2)29(26,27)24-13-11-22(12-14-24)17(25)6-5-16-20-18(21-28-16)15-7-9-19-10-8-15/h7-10H,3-6,11-14H2,1-2H3. The highest BCUT2D eigenvalue weighted by Crippen LogP contribution is 2.16. The molecule has 1 aliphatic rings. The summed E-state index contributed by atoms with van der Waals surface area (Å²) in [6.45, 7) is 5.87. The monoisotopic (exact) mass is 422 g/mol. The number of amides is 1. The minimum absolute atomic E-state index is 0.0476. The van der Waals surface area contributed by atoms with Crippen LogP contribution in [-0.4, -0.2) is 82.2 Å². The molecule has 3 rings (SSSR count). The van der Waals surface area contributed by atoms with Gasteiger partial charge in [0, 0.05) is 70.1 Å². The predicted molar refractivity (Wildman–Crippen MR) is 106 cm³/mol. The molecule has 29 heavy (non-hydrogen) atoms. The lowest BCUT2D eigenvalue weighted by Crippen LogP contribution is -2.54. The van der Waals surface area contributed by atoms with Crippen LogP contribution in [0.15, 0.2) is 29.0 Å². The molecule has 1 amide bonds. The predicted octanol–water partition coefficient (Wildman–Crippen LogP) is 0.795. The first-order chi connectivity index (χ1) is 14.0. The third-order valence-corrected chi connectivity index (χ3v) is 7.10. The van der Waals surface area contributed by atoms with Crippen LogP contribution in [0.2, 0.25) is 0 Å². The normalized spacial score (nSPS) is 15.8. The maximum atomic E-state index is 12.6. The Morgan fingerprint density at radius 2 is 1.79 bits per heavy atom. The van der Waals surface area contributed by atoms with Crippen LogP contribution >= 0.6 is 0 Å². The van der Waals surface area contributed by atoms with E-state index in [4.69, 9.17) is 4.52 Å². The molecule has 11 heteroatoms. The second-order valence-corrected chi connectivity index (χ2v) is 8.55. The number of carbonyl (C=O) groups excluding carboxylic acids is 1. The van der Waals surface area contributed by atoms with E-state index in [2.05, 4.69) is 15.1 Å². The molecule has 0 atom stereocenters. The number of pyridine rings is 1. The first kappa shape index (κ1) is 21.3. The molecule has 10 nitrogen and oxygen atoms in total. The highest BCUT2D eigenvalue weighted by molar-refractivity contribution is 7.86. The van der Waals surface area contributed by atoms with Gasteiger partial charge in [0.2, 0.25) is 17.6 Å².